The van der Waals surface area contributed by atoms with E-state index >= 15 is 0 Å². The Morgan fingerprint density at radius 3 is 2.40 bits per heavy atom. The molecule has 1 saturated carbocycles. The van der Waals surface area contributed by atoms with Crippen LogP contribution in [0.3, 0.4) is 0 Å². The van der Waals surface area contributed by atoms with Gasteiger partial charge in [0.15, 0.2) is 18.1 Å². The number of amides is 1. The number of benzene rings is 1. The van der Waals surface area contributed by atoms with Gasteiger partial charge in [0.05, 0.1) is 14.2 Å². The zero-order valence-electron chi connectivity index (χ0n) is 15.4. The molecule has 1 amide bonds. The topological polar surface area (TPSA) is 65.1 Å². The predicted molar refractivity (Wildman–Crippen MR) is 94.0 cm³/mol. The SMILES string of the molecule is COc1cccc(C(=O)OCC(=O)N(C)C2CCC(C)CC2)c1OC. The first-order valence-corrected chi connectivity index (χ1v) is 8.61. The van der Waals surface area contributed by atoms with Crippen molar-refractivity contribution in [2.24, 2.45) is 5.92 Å². The van der Waals surface area contributed by atoms with Crippen LogP contribution >= 0.6 is 0 Å². The van der Waals surface area contributed by atoms with Crippen LogP contribution in [0.25, 0.3) is 0 Å². The van der Waals surface area contributed by atoms with E-state index in [0.29, 0.717) is 11.5 Å². The molecule has 138 valence electrons. The van der Waals surface area contributed by atoms with E-state index in [1.54, 1.807) is 30.1 Å². The van der Waals surface area contributed by atoms with Crippen LogP contribution < -0.4 is 9.47 Å². The molecule has 0 saturated heterocycles. The van der Waals surface area contributed by atoms with Crippen molar-refractivity contribution in [3.8, 4) is 11.5 Å². The van der Waals surface area contributed by atoms with Crippen LogP contribution in [0.4, 0.5) is 0 Å². The zero-order chi connectivity index (χ0) is 18.4. The van der Waals surface area contributed by atoms with Crippen molar-refractivity contribution in [2.75, 3.05) is 27.9 Å². The zero-order valence-corrected chi connectivity index (χ0v) is 15.4. The molecule has 25 heavy (non-hydrogen) atoms. The van der Waals surface area contributed by atoms with Gasteiger partial charge in [-0.3, -0.25) is 4.79 Å². The number of carbonyl (C=O) groups excluding carboxylic acids is 2. The van der Waals surface area contributed by atoms with Gasteiger partial charge in [0.1, 0.15) is 5.56 Å². The van der Waals surface area contributed by atoms with E-state index in [1.807, 2.05) is 0 Å². The Labute approximate surface area is 149 Å². The van der Waals surface area contributed by atoms with Crippen LogP contribution in [0.5, 0.6) is 11.5 Å². The highest BCUT2D eigenvalue weighted by atomic mass is 16.5. The Hall–Kier alpha value is -2.24. The van der Waals surface area contributed by atoms with Crippen molar-refractivity contribution in [2.45, 2.75) is 38.6 Å². The van der Waals surface area contributed by atoms with Gasteiger partial charge in [0.25, 0.3) is 5.91 Å². The van der Waals surface area contributed by atoms with E-state index in [0.717, 1.165) is 31.6 Å². The molecule has 1 aliphatic rings. The smallest absolute Gasteiger partial charge is 0.342 e. The third-order valence-corrected chi connectivity index (χ3v) is 4.88. The van der Waals surface area contributed by atoms with Crippen LogP contribution in [0, 0.1) is 5.92 Å². The molecule has 0 aromatic heterocycles. The van der Waals surface area contributed by atoms with E-state index in [-0.39, 0.29) is 24.1 Å². The lowest BCUT2D eigenvalue weighted by atomic mass is 9.87. The number of likely N-dealkylation sites (N-methyl/N-ethyl adjacent to an activating group) is 1. The number of carbonyl (C=O) groups is 2. The molecular weight excluding hydrogens is 322 g/mol. The fourth-order valence-electron chi connectivity index (χ4n) is 3.19. The normalized spacial score (nSPS) is 19.8. The summed E-state index contributed by atoms with van der Waals surface area (Å²) < 4.78 is 15.6. The molecule has 1 aromatic rings. The summed E-state index contributed by atoms with van der Waals surface area (Å²) in [6.45, 7) is 1.96. The molecule has 0 heterocycles. The highest BCUT2D eigenvalue weighted by Gasteiger charge is 2.26. The molecule has 1 fully saturated rings. The monoisotopic (exact) mass is 349 g/mol. The van der Waals surface area contributed by atoms with E-state index in [4.69, 9.17) is 14.2 Å². The number of methoxy groups -OCH3 is 2. The number of hydrogen-bond donors (Lipinski definition) is 0. The molecule has 6 heteroatoms. The molecule has 0 aliphatic heterocycles. The van der Waals surface area contributed by atoms with Crippen molar-refractivity contribution >= 4 is 11.9 Å². The Kier molecular flexibility index (Phi) is 6.67. The maximum atomic E-state index is 12.3. The molecule has 0 N–H and O–H groups in total. The van der Waals surface area contributed by atoms with Gasteiger partial charge in [-0.15, -0.1) is 0 Å². The third-order valence-electron chi connectivity index (χ3n) is 4.88. The highest BCUT2D eigenvalue weighted by Crippen LogP contribution is 2.31. The molecule has 0 spiro atoms. The van der Waals surface area contributed by atoms with E-state index in [2.05, 4.69) is 6.92 Å². The van der Waals surface area contributed by atoms with E-state index in [1.165, 1.54) is 14.2 Å². The van der Waals surface area contributed by atoms with Gasteiger partial charge in [-0.1, -0.05) is 13.0 Å². The molecular formula is C19H27NO5. The second-order valence-electron chi connectivity index (χ2n) is 6.54. The van der Waals surface area contributed by atoms with Crippen molar-refractivity contribution in [3.05, 3.63) is 23.8 Å². The number of ether oxygens (including phenoxy) is 3. The van der Waals surface area contributed by atoms with Gasteiger partial charge >= 0.3 is 5.97 Å². The second-order valence-corrected chi connectivity index (χ2v) is 6.54. The number of rotatable bonds is 6. The molecule has 0 radical (unpaired) electrons. The molecule has 0 unspecified atom stereocenters. The summed E-state index contributed by atoms with van der Waals surface area (Å²) in [6, 6.07) is 5.18. The minimum absolute atomic E-state index is 0.185. The first kappa shape index (κ1) is 19.1. The summed E-state index contributed by atoms with van der Waals surface area (Å²) in [6.07, 6.45) is 4.26. The molecule has 6 nitrogen and oxygen atoms in total. The Bertz CT molecular complexity index is 608. The second kappa shape index (κ2) is 8.74. The molecule has 1 aliphatic carbocycles. The summed E-state index contributed by atoms with van der Waals surface area (Å²) in [5.74, 6) is 0.677. The summed E-state index contributed by atoms with van der Waals surface area (Å²) in [5, 5.41) is 0. The maximum absolute atomic E-state index is 12.3. The number of nitrogens with zero attached hydrogens (tertiary/aromatic N) is 1. The quantitative estimate of drug-likeness (QED) is 0.739. The van der Waals surface area contributed by atoms with Crippen molar-refractivity contribution < 1.29 is 23.8 Å². The fraction of sp³-hybridized carbons (Fsp3) is 0.579. The molecule has 0 atom stereocenters. The first-order valence-electron chi connectivity index (χ1n) is 8.61. The van der Waals surface area contributed by atoms with Crippen LogP contribution in [-0.4, -0.2) is 50.7 Å². The van der Waals surface area contributed by atoms with Crippen molar-refractivity contribution in [1.29, 1.82) is 0 Å². The van der Waals surface area contributed by atoms with Crippen molar-refractivity contribution in [1.82, 2.24) is 4.90 Å². The minimum atomic E-state index is -0.602. The van der Waals surface area contributed by atoms with Gasteiger partial charge in [0, 0.05) is 13.1 Å². The minimum Gasteiger partial charge on any atom is -0.493 e. The van der Waals surface area contributed by atoms with Gasteiger partial charge in [-0.2, -0.15) is 0 Å². The molecule has 1 aromatic carbocycles. The van der Waals surface area contributed by atoms with Gasteiger partial charge in [-0.25, -0.2) is 4.79 Å². The number of hydrogen-bond acceptors (Lipinski definition) is 5. The molecule has 2 rings (SSSR count). The summed E-state index contributed by atoms with van der Waals surface area (Å²) >= 11 is 0. The highest BCUT2D eigenvalue weighted by molar-refractivity contribution is 5.95. The third kappa shape index (κ3) is 4.65. The molecule has 0 bridgehead atoms. The average molecular weight is 349 g/mol. The Balaban J connectivity index is 1.94. The van der Waals surface area contributed by atoms with Gasteiger partial charge in [-0.05, 0) is 43.7 Å². The number of esters is 1. The Morgan fingerprint density at radius 2 is 1.80 bits per heavy atom. The van der Waals surface area contributed by atoms with Crippen LogP contribution in [0.15, 0.2) is 18.2 Å². The van der Waals surface area contributed by atoms with E-state index in [9.17, 15) is 9.59 Å². The number of para-hydroxylation sites is 1. The van der Waals surface area contributed by atoms with Crippen molar-refractivity contribution in [3.63, 3.8) is 0 Å². The first-order chi connectivity index (χ1) is 12.0. The fourth-order valence-corrected chi connectivity index (χ4v) is 3.19. The summed E-state index contributed by atoms with van der Waals surface area (Å²) in [7, 11) is 4.73. The lowest BCUT2D eigenvalue weighted by Crippen LogP contribution is -2.41. The average Bonchev–Trinajstić information content (AvgIpc) is 2.64. The van der Waals surface area contributed by atoms with Crippen LogP contribution in [0.2, 0.25) is 0 Å². The predicted octanol–water partition coefficient (Wildman–Crippen LogP) is 2.90. The lowest BCUT2D eigenvalue weighted by molar-refractivity contribution is -0.136. The van der Waals surface area contributed by atoms with Crippen LogP contribution in [-0.2, 0) is 9.53 Å². The Morgan fingerprint density at radius 1 is 1.12 bits per heavy atom. The standard InChI is InChI=1S/C19H27NO5/c1-13-8-10-14(11-9-13)20(2)17(21)12-25-19(22)15-6-5-7-16(23-3)18(15)24-4/h5-7,13-14H,8-12H2,1-4H3. The van der Waals surface area contributed by atoms with Gasteiger partial charge in [0.2, 0.25) is 0 Å². The van der Waals surface area contributed by atoms with Gasteiger partial charge < -0.3 is 19.1 Å². The maximum Gasteiger partial charge on any atom is 0.342 e. The summed E-state index contributed by atoms with van der Waals surface area (Å²) in [4.78, 5) is 26.4. The van der Waals surface area contributed by atoms with Crippen LogP contribution in [0.1, 0.15) is 43.0 Å². The largest absolute Gasteiger partial charge is 0.493 e. The van der Waals surface area contributed by atoms with E-state index < -0.39 is 5.97 Å². The summed E-state index contributed by atoms with van der Waals surface area (Å²) in [5.41, 5.74) is 0.240. The lowest BCUT2D eigenvalue weighted by Gasteiger charge is -2.33.